The number of halogens is 3. The molecule has 0 amide bonds. The average molecular weight is 284 g/mol. The van der Waals surface area contributed by atoms with Crippen molar-refractivity contribution >= 4 is 0 Å². The third kappa shape index (κ3) is 2.01. The molecule has 1 heterocycles. The zero-order valence-corrected chi connectivity index (χ0v) is 10.0. The van der Waals surface area contributed by atoms with Crippen molar-refractivity contribution in [3.63, 3.8) is 0 Å². The number of rotatable bonds is 2. The topological polar surface area (TPSA) is 83.8 Å². The molecule has 6 nitrogen and oxygen atoms in total. The molecule has 0 aliphatic rings. The summed E-state index contributed by atoms with van der Waals surface area (Å²) in [6.07, 6.45) is -3.01. The van der Waals surface area contributed by atoms with Gasteiger partial charge in [-0.15, -0.1) is 5.10 Å². The van der Waals surface area contributed by atoms with Gasteiger partial charge in [0.1, 0.15) is 17.5 Å². The number of benzene rings is 1. The largest absolute Gasteiger partial charge is 0.506 e. The summed E-state index contributed by atoms with van der Waals surface area (Å²) < 4.78 is 40.0. The van der Waals surface area contributed by atoms with E-state index in [1.165, 1.54) is 0 Å². The number of hydrogen-bond donors (Lipinski definition) is 1. The van der Waals surface area contributed by atoms with E-state index in [0.717, 1.165) is 13.1 Å². The van der Waals surface area contributed by atoms with E-state index in [0.29, 0.717) is 15.3 Å². The molecule has 2 aromatic rings. The molecule has 0 unspecified atom stereocenters. The van der Waals surface area contributed by atoms with Crippen molar-refractivity contribution in [1.29, 1.82) is 5.26 Å². The Morgan fingerprint density at radius 3 is 2.60 bits per heavy atom. The molecule has 0 fully saturated rings. The van der Waals surface area contributed by atoms with Gasteiger partial charge in [-0.3, -0.25) is 4.57 Å². The first-order chi connectivity index (χ1) is 9.36. The zero-order valence-electron chi connectivity index (χ0n) is 10.0. The van der Waals surface area contributed by atoms with E-state index in [4.69, 9.17) is 5.26 Å². The molecule has 1 N–H and O–H groups in total. The summed E-state index contributed by atoms with van der Waals surface area (Å²) in [4.78, 5) is 11.7. The molecule has 0 saturated heterocycles. The van der Waals surface area contributed by atoms with Gasteiger partial charge in [0.05, 0.1) is 5.56 Å². The maximum atomic E-state index is 13.8. The first-order valence-electron chi connectivity index (χ1n) is 5.24. The third-order valence-electron chi connectivity index (χ3n) is 2.62. The molecule has 1 aromatic heterocycles. The number of phenolic OH excluding ortho intramolecular Hbond substituents is 1. The van der Waals surface area contributed by atoms with E-state index in [-0.39, 0.29) is 5.56 Å². The summed E-state index contributed by atoms with van der Waals surface area (Å²) in [6.45, 7) is 0. The molecule has 104 valence electrons. The van der Waals surface area contributed by atoms with E-state index in [1.807, 2.05) is 0 Å². The summed E-state index contributed by atoms with van der Waals surface area (Å²) in [5.74, 6) is -2.46. The second-order valence-corrected chi connectivity index (χ2v) is 3.84. The minimum Gasteiger partial charge on any atom is -0.506 e. The van der Waals surface area contributed by atoms with Crippen molar-refractivity contribution in [2.45, 2.75) is 6.43 Å². The van der Waals surface area contributed by atoms with Crippen LogP contribution in [0.2, 0.25) is 0 Å². The first kappa shape index (κ1) is 13.7. The monoisotopic (exact) mass is 284 g/mol. The fourth-order valence-electron chi connectivity index (χ4n) is 1.60. The molecule has 2 rings (SSSR count). The van der Waals surface area contributed by atoms with Gasteiger partial charge in [-0.2, -0.15) is 9.94 Å². The second kappa shape index (κ2) is 4.73. The van der Waals surface area contributed by atoms with Crippen LogP contribution in [0.1, 0.15) is 17.8 Å². The van der Waals surface area contributed by atoms with E-state index in [1.54, 1.807) is 6.07 Å². The van der Waals surface area contributed by atoms with Crippen LogP contribution < -0.4 is 5.69 Å². The van der Waals surface area contributed by atoms with Gasteiger partial charge in [-0.25, -0.2) is 18.0 Å². The van der Waals surface area contributed by atoms with Gasteiger partial charge in [-0.05, 0) is 6.07 Å². The van der Waals surface area contributed by atoms with Crippen LogP contribution in [0, 0.1) is 17.1 Å². The van der Waals surface area contributed by atoms with E-state index in [9.17, 15) is 23.1 Å². The number of phenols is 1. The van der Waals surface area contributed by atoms with Gasteiger partial charge in [0.25, 0.3) is 6.43 Å². The molecule has 0 aliphatic heterocycles. The van der Waals surface area contributed by atoms with Gasteiger partial charge in [0.2, 0.25) is 5.82 Å². The predicted molar refractivity (Wildman–Crippen MR) is 60.1 cm³/mol. The van der Waals surface area contributed by atoms with Gasteiger partial charge in [0, 0.05) is 13.1 Å². The Kier molecular flexibility index (Phi) is 3.23. The lowest BCUT2D eigenvalue weighted by Crippen LogP contribution is -2.22. The Morgan fingerprint density at radius 2 is 2.10 bits per heavy atom. The van der Waals surface area contributed by atoms with Crippen LogP contribution in [-0.4, -0.2) is 19.5 Å². The Bertz CT molecular complexity index is 773. The Balaban J connectivity index is 2.70. The van der Waals surface area contributed by atoms with Crippen LogP contribution in [0.3, 0.4) is 0 Å². The molecule has 0 saturated carbocycles. The maximum absolute atomic E-state index is 13.8. The zero-order chi connectivity index (χ0) is 15.0. The van der Waals surface area contributed by atoms with Crippen LogP contribution in [0.4, 0.5) is 13.2 Å². The third-order valence-corrected chi connectivity index (χ3v) is 2.62. The highest BCUT2D eigenvalue weighted by Gasteiger charge is 2.21. The lowest BCUT2D eigenvalue weighted by atomic mass is 10.2. The lowest BCUT2D eigenvalue weighted by Gasteiger charge is -2.03. The van der Waals surface area contributed by atoms with Crippen molar-refractivity contribution in [2.75, 3.05) is 0 Å². The lowest BCUT2D eigenvalue weighted by molar-refractivity contribution is 0.136. The number of hydrogen-bond acceptors (Lipinski definition) is 4. The smallest absolute Gasteiger partial charge is 0.350 e. The minimum absolute atomic E-state index is 0.343. The number of aromatic hydroxyl groups is 1. The number of nitrogens with zero attached hydrogens (tertiary/aromatic N) is 4. The summed E-state index contributed by atoms with van der Waals surface area (Å²) in [7, 11) is 1.06. The minimum atomic E-state index is -3.01. The first-order valence-corrected chi connectivity index (χ1v) is 5.24. The van der Waals surface area contributed by atoms with Crippen molar-refractivity contribution in [2.24, 2.45) is 7.05 Å². The molecule has 0 spiro atoms. The molecule has 1 aromatic carbocycles. The fraction of sp³-hybridized carbons (Fsp3) is 0.182. The number of nitriles is 1. The van der Waals surface area contributed by atoms with Crippen molar-refractivity contribution in [3.05, 3.63) is 39.8 Å². The van der Waals surface area contributed by atoms with Gasteiger partial charge in [0.15, 0.2) is 5.82 Å². The van der Waals surface area contributed by atoms with Gasteiger partial charge < -0.3 is 5.11 Å². The summed E-state index contributed by atoms with van der Waals surface area (Å²) >= 11 is 0. The number of aromatic nitrogens is 3. The van der Waals surface area contributed by atoms with Crippen LogP contribution in [-0.2, 0) is 7.05 Å². The molecule has 9 heteroatoms. The normalized spacial score (nSPS) is 10.8. The Morgan fingerprint density at radius 1 is 1.45 bits per heavy atom. The molecule has 0 aliphatic carbocycles. The van der Waals surface area contributed by atoms with E-state index in [2.05, 4.69) is 5.10 Å². The average Bonchev–Trinajstić information content (AvgIpc) is 2.69. The standard InChI is InChI=1S/C11H7F3N4O2/c1-17-10(9(13)14)16-18(11(17)20)7-3-8(19)5(4-15)2-6(7)12/h2-3,9,19H,1H3. The van der Waals surface area contributed by atoms with Crippen molar-refractivity contribution < 1.29 is 18.3 Å². The van der Waals surface area contributed by atoms with Crippen LogP contribution >= 0.6 is 0 Å². The summed E-state index contributed by atoms with van der Waals surface area (Å²) in [5.41, 5.74) is -1.86. The highest BCUT2D eigenvalue weighted by atomic mass is 19.3. The molecular formula is C11H7F3N4O2. The highest BCUT2D eigenvalue weighted by Crippen LogP contribution is 2.23. The molecule has 0 atom stereocenters. The number of alkyl halides is 2. The quantitative estimate of drug-likeness (QED) is 0.898. The van der Waals surface area contributed by atoms with E-state index >= 15 is 0 Å². The Labute approximate surface area is 109 Å². The van der Waals surface area contributed by atoms with Crippen LogP contribution in [0.15, 0.2) is 16.9 Å². The molecule has 20 heavy (non-hydrogen) atoms. The van der Waals surface area contributed by atoms with Crippen LogP contribution in [0.5, 0.6) is 5.75 Å². The summed E-state index contributed by atoms with van der Waals surface area (Å²) in [6, 6.07) is 3.00. The van der Waals surface area contributed by atoms with E-state index < -0.39 is 35.2 Å². The summed E-state index contributed by atoms with van der Waals surface area (Å²) in [5, 5.41) is 21.4. The van der Waals surface area contributed by atoms with Crippen molar-refractivity contribution in [1.82, 2.24) is 14.3 Å². The predicted octanol–water partition coefficient (Wildman–Crippen LogP) is 1.22. The highest BCUT2D eigenvalue weighted by molar-refractivity contribution is 5.50. The van der Waals surface area contributed by atoms with Crippen LogP contribution in [0.25, 0.3) is 5.69 Å². The SMILES string of the molecule is Cn1c(C(F)F)nn(-c2cc(O)c(C#N)cc2F)c1=O. The molecular weight excluding hydrogens is 277 g/mol. The molecule has 0 bridgehead atoms. The van der Waals surface area contributed by atoms with Crippen molar-refractivity contribution in [3.8, 4) is 17.5 Å². The fourth-order valence-corrected chi connectivity index (χ4v) is 1.60. The Hall–Kier alpha value is -2.76. The molecule has 0 radical (unpaired) electrons. The van der Waals surface area contributed by atoms with Gasteiger partial charge in [-0.1, -0.05) is 0 Å². The maximum Gasteiger partial charge on any atom is 0.350 e. The van der Waals surface area contributed by atoms with Gasteiger partial charge >= 0.3 is 5.69 Å². The second-order valence-electron chi connectivity index (χ2n) is 3.84.